The summed E-state index contributed by atoms with van der Waals surface area (Å²) in [5.41, 5.74) is 2.96. The number of hydrogen-bond acceptors (Lipinski definition) is 3. The van der Waals surface area contributed by atoms with Gasteiger partial charge in [0, 0.05) is 12.1 Å². The van der Waals surface area contributed by atoms with Gasteiger partial charge in [-0.3, -0.25) is 0 Å². The second kappa shape index (κ2) is 6.04. The van der Waals surface area contributed by atoms with Gasteiger partial charge >= 0.3 is 0 Å². The van der Waals surface area contributed by atoms with Crippen molar-refractivity contribution in [2.45, 2.75) is 44.8 Å². The summed E-state index contributed by atoms with van der Waals surface area (Å²) in [5, 5.41) is 21.6. The third kappa shape index (κ3) is 4.03. The summed E-state index contributed by atoms with van der Waals surface area (Å²) in [6, 6.07) is 8.68. The quantitative estimate of drug-likeness (QED) is 0.729. The monoisotopic (exact) mass is 263 g/mol. The van der Waals surface area contributed by atoms with E-state index in [1.54, 1.807) is 0 Å². The molecule has 1 aliphatic rings. The lowest BCUT2D eigenvalue weighted by molar-refractivity contribution is 0.0858. The molecular weight excluding hydrogens is 238 g/mol. The SMILES string of the molecule is CC(C)(CC1Cc2ccccc2C1)NC[C@@H](O)CO. The van der Waals surface area contributed by atoms with Crippen molar-refractivity contribution >= 4 is 0 Å². The van der Waals surface area contributed by atoms with Crippen molar-refractivity contribution in [2.75, 3.05) is 13.2 Å². The molecule has 0 heterocycles. The van der Waals surface area contributed by atoms with E-state index in [4.69, 9.17) is 5.11 Å². The van der Waals surface area contributed by atoms with Gasteiger partial charge in [0.1, 0.15) is 0 Å². The number of nitrogens with one attached hydrogen (secondary N) is 1. The fourth-order valence-electron chi connectivity index (χ4n) is 3.05. The summed E-state index contributed by atoms with van der Waals surface area (Å²) >= 11 is 0. The Hall–Kier alpha value is -0.900. The normalized spacial score (nSPS) is 17.5. The van der Waals surface area contributed by atoms with E-state index in [1.165, 1.54) is 11.1 Å². The Labute approximate surface area is 115 Å². The largest absolute Gasteiger partial charge is 0.394 e. The topological polar surface area (TPSA) is 52.5 Å². The average Bonchev–Trinajstić information content (AvgIpc) is 2.77. The van der Waals surface area contributed by atoms with E-state index in [0.717, 1.165) is 19.3 Å². The first kappa shape index (κ1) is 14.5. The van der Waals surface area contributed by atoms with E-state index in [1.807, 2.05) is 0 Å². The maximum Gasteiger partial charge on any atom is 0.0895 e. The van der Waals surface area contributed by atoms with E-state index in [-0.39, 0.29) is 12.1 Å². The molecule has 0 saturated heterocycles. The van der Waals surface area contributed by atoms with Crippen molar-refractivity contribution < 1.29 is 10.2 Å². The van der Waals surface area contributed by atoms with Gasteiger partial charge in [-0.2, -0.15) is 0 Å². The minimum absolute atomic E-state index is 0.0111. The number of rotatable bonds is 6. The summed E-state index contributed by atoms with van der Waals surface area (Å²) < 4.78 is 0. The number of aliphatic hydroxyl groups is 2. The van der Waals surface area contributed by atoms with E-state index in [2.05, 4.69) is 43.4 Å². The number of fused-ring (bicyclic) bond motifs is 1. The molecule has 0 fully saturated rings. The van der Waals surface area contributed by atoms with Crippen LogP contribution in [0.2, 0.25) is 0 Å². The Morgan fingerprint density at radius 1 is 1.26 bits per heavy atom. The van der Waals surface area contributed by atoms with Gasteiger partial charge in [-0.05, 0) is 50.2 Å². The molecule has 1 aliphatic carbocycles. The molecule has 2 rings (SSSR count). The number of benzene rings is 1. The molecule has 3 N–H and O–H groups in total. The highest BCUT2D eigenvalue weighted by atomic mass is 16.3. The number of hydrogen-bond donors (Lipinski definition) is 3. The second-order valence-corrected chi connectivity index (χ2v) is 6.35. The Balaban J connectivity index is 1.85. The molecule has 0 spiro atoms. The van der Waals surface area contributed by atoms with Crippen LogP contribution in [0.15, 0.2) is 24.3 Å². The van der Waals surface area contributed by atoms with Crippen molar-refractivity contribution in [3.8, 4) is 0 Å². The Kier molecular flexibility index (Phi) is 4.61. The first-order valence-corrected chi connectivity index (χ1v) is 7.11. The van der Waals surface area contributed by atoms with Gasteiger partial charge in [-0.25, -0.2) is 0 Å². The highest BCUT2D eigenvalue weighted by Gasteiger charge is 2.28. The molecule has 19 heavy (non-hydrogen) atoms. The molecule has 1 aromatic carbocycles. The lowest BCUT2D eigenvalue weighted by atomic mass is 9.88. The van der Waals surface area contributed by atoms with Crippen LogP contribution in [0.1, 0.15) is 31.4 Å². The van der Waals surface area contributed by atoms with Crippen LogP contribution in [-0.4, -0.2) is 35.0 Å². The molecule has 3 nitrogen and oxygen atoms in total. The molecular formula is C16H25NO2. The minimum Gasteiger partial charge on any atom is -0.394 e. The predicted octanol–water partition coefficient (Wildman–Crippen LogP) is 1.51. The molecule has 0 bridgehead atoms. The minimum atomic E-state index is -0.667. The standard InChI is InChI=1S/C16H25NO2/c1-16(2,17-10-15(19)11-18)9-12-7-13-5-3-4-6-14(13)8-12/h3-6,12,15,17-19H,7-11H2,1-2H3/t15-/m1/s1. The van der Waals surface area contributed by atoms with Crippen LogP contribution in [0.25, 0.3) is 0 Å². The average molecular weight is 263 g/mol. The first-order valence-electron chi connectivity index (χ1n) is 7.11. The van der Waals surface area contributed by atoms with Crippen molar-refractivity contribution in [1.82, 2.24) is 5.32 Å². The molecule has 0 saturated carbocycles. The van der Waals surface area contributed by atoms with Gasteiger partial charge in [0.25, 0.3) is 0 Å². The van der Waals surface area contributed by atoms with Crippen molar-refractivity contribution in [1.29, 1.82) is 0 Å². The second-order valence-electron chi connectivity index (χ2n) is 6.35. The van der Waals surface area contributed by atoms with Crippen LogP contribution >= 0.6 is 0 Å². The zero-order valence-corrected chi connectivity index (χ0v) is 11.9. The van der Waals surface area contributed by atoms with Crippen molar-refractivity contribution in [2.24, 2.45) is 5.92 Å². The van der Waals surface area contributed by atoms with E-state index < -0.39 is 6.10 Å². The zero-order valence-electron chi connectivity index (χ0n) is 11.9. The number of aliphatic hydroxyl groups excluding tert-OH is 2. The Morgan fingerprint density at radius 3 is 2.37 bits per heavy atom. The van der Waals surface area contributed by atoms with Gasteiger partial charge in [-0.1, -0.05) is 24.3 Å². The van der Waals surface area contributed by atoms with Crippen LogP contribution in [0.3, 0.4) is 0 Å². The predicted molar refractivity (Wildman–Crippen MR) is 77.1 cm³/mol. The Bertz CT molecular complexity index is 392. The van der Waals surface area contributed by atoms with Crippen LogP contribution in [0.4, 0.5) is 0 Å². The summed E-state index contributed by atoms with van der Waals surface area (Å²) in [4.78, 5) is 0. The van der Waals surface area contributed by atoms with Crippen LogP contribution in [0, 0.1) is 5.92 Å². The molecule has 1 aromatic rings. The molecule has 0 radical (unpaired) electrons. The van der Waals surface area contributed by atoms with Gasteiger partial charge in [0.05, 0.1) is 12.7 Å². The van der Waals surface area contributed by atoms with Crippen LogP contribution in [-0.2, 0) is 12.8 Å². The van der Waals surface area contributed by atoms with Crippen molar-refractivity contribution in [3.63, 3.8) is 0 Å². The fraction of sp³-hybridized carbons (Fsp3) is 0.625. The molecule has 0 aliphatic heterocycles. The molecule has 0 aromatic heterocycles. The third-order valence-corrected chi connectivity index (χ3v) is 3.96. The first-order chi connectivity index (χ1) is 9.00. The molecule has 0 amide bonds. The highest BCUT2D eigenvalue weighted by Crippen LogP contribution is 2.31. The third-order valence-electron chi connectivity index (χ3n) is 3.96. The van der Waals surface area contributed by atoms with Gasteiger partial charge < -0.3 is 15.5 Å². The van der Waals surface area contributed by atoms with Gasteiger partial charge in [0.2, 0.25) is 0 Å². The van der Waals surface area contributed by atoms with Crippen LogP contribution < -0.4 is 5.32 Å². The van der Waals surface area contributed by atoms with E-state index in [0.29, 0.717) is 12.5 Å². The molecule has 1 atom stereocenters. The molecule has 3 heteroatoms. The maximum atomic E-state index is 9.41. The summed E-state index contributed by atoms with van der Waals surface area (Å²) in [6.45, 7) is 4.60. The van der Waals surface area contributed by atoms with E-state index >= 15 is 0 Å². The van der Waals surface area contributed by atoms with Gasteiger partial charge in [-0.15, -0.1) is 0 Å². The lowest BCUT2D eigenvalue weighted by Gasteiger charge is -2.30. The molecule has 0 unspecified atom stereocenters. The lowest BCUT2D eigenvalue weighted by Crippen LogP contribution is -2.45. The summed E-state index contributed by atoms with van der Waals surface area (Å²) in [7, 11) is 0. The summed E-state index contributed by atoms with van der Waals surface area (Å²) in [5.74, 6) is 0.672. The maximum absolute atomic E-state index is 9.41. The fourth-order valence-corrected chi connectivity index (χ4v) is 3.05. The Morgan fingerprint density at radius 2 is 1.84 bits per heavy atom. The summed E-state index contributed by atoms with van der Waals surface area (Å²) in [6.07, 6.45) is 2.73. The smallest absolute Gasteiger partial charge is 0.0895 e. The van der Waals surface area contributed by atoms with Gasteiger partial charge in [0.15, 0.2) is 0 Å². The van der Waals surface area contributed by atoms with Crippen LogP contribution in [0.5, 0.6) is 0 Å². The zero-order chi connectivity index (χ0) is 13.9. The van der Waals surface area contributed by atoms with E-state index in [9.17, 15) is 5.11 Å². The van der Waals surface area contributed by atoms with Crippen molar-refractivity contribution in [3.05, 3.63) is 35.4 Å². The number of β-amino-alcohol motifs (C(OH)–C–C–N with tert-alkyl or cyclic N) is 1. The molecule has 106 valence electrons. The highest BCUT2D eigenvalue weighted by molar-refractivity contribution is 5.32.